The smallest absolute Gasteiger partial charge is 0.253 e. The van der Waals surface area contributed by atoms with Gasteiger partial charge in [0.05, 0.1) is 28.2 Å². The van der Waals surface area contributed by atoms with Crippen LogP contribution in [0.25, 0.3) is 21.7 Å². The van der Waals surface area contributed by atoms with E-state index in [0.717, 1.165) is 96.0 Å². The molecule has 4 aromatic carbocycles. The molecule has 1 N–H and O–H groups in total. The zero-order chi connectivity index (χ0) is 32.0. The number of amides is 1. The average Bonchev–Trinajstić information content (AvgIpc) is 3.46. The molecule has 0 atom stereocenters. The highest BCUT2D eigenvalue weighted by Gasteiger charge is 2.20. The molecule has 0 spiro atoms. The third-order valence-electron chi connectivity index (χ3n) is 8.60. The number of carbonyl (C=O) groups is 1. The van der Waals surface area contributed by atoms with Crippen LogP contribution in [0.15, 0.2) is 79.0 Å². The van der Waals surface area contributed by atoms with Gasteiger partial charge >= 0.3 is 0 Å². The molecule has 0 unspecified atom stereocenters. The van der Waals surface area contributed by atoms with E-state index in [1.54, 1.807) is 19.2 Å². The summed E-state index contributed by atoms with van der Waals surface area (Å²) in [5.74, 6) is 1.48. The molecule has 240 valence electrons. The first kappa shape index (κ1) is 32.5. The fraction of sp³-hybridized carbons (Fsp3) is 0.306. The lowest BCUT2D eigenvalue weighted by atomic mass is 10.1. The van der Waals surface area contributed by atoms with E-state index in [-0.39, 0.29) is 5.91 Å². The molecule has 1 amide bonds. The molecule has 0 aliphatic carbocycles. The minimum absolute atomic E-state index is 0.146. The number of nitrogens with one attached hydrogen (secondary N) is 1. The van der Waals surface area contributed by atoms with E-state index < -0.39 is 0 Å². The molecule has 6 rings (SSSR count). The van der Waals surface area contributed by atoms with Gasteiger partial charge in [0.25, 0.3) is 5.91 Å². The Morgan fingerprint density at radius 3 is 2.24 bits per heavy atom. The highest BCUT2D eigenvalue weighted by atomic mass is 35.5. The van der Waals surface area contributed by atoms with Crippen LogP contribution in [-0.2, 0) is 13.1 Å². The van der Waals surface area contributed by atoms with Gasteiger partial charge in [0.2, 0.25) is 0 Å². The summed E-state index contributed by atoms with van der Waals surface area (Å²) in [4.78, 5) is 18.3. The topological polar surface area (TPSA) is 59.0 Å². The minimum Gasteiger partial charge on any atom is -0.495 e. The Bertz CT molecular complexity index is 1830. The van der Waals surface area contributed by atoms with Crippen molar-refractivity contribution in [2.24, 2.45) is 0 Å². The predicted octanol–water partition coefficient (Wildman–Crippen LogP) is 7.78. The van der Waals surface area contributed by atoms with Crippen molar-refractivity contribution >= 4 is 62.4 Å². The lowest BCUT2D eigenvalue weighted by Crippen LogP contribution is -2.47. The van der Waals surface area contributed by atoms with Crippen LogP contribution < -0.4 is 14.8 Å². The molecule has 46 heavy (non-hydrogen) atoms. The van der Waals surface area contributed by atoms with Crippen molar-refractivity contribution in [2.75, 3.05) is 53.0 Å². The summed E-state index contributed by atoms with van der Waals surface area (Å²) < 4.78 is 14.0. The van der Waals surface area contributed by atoms with E-state index in [9.17, 15) is 4.79 Å². The van der Waals surface area contributed by atoms with E-state index in [0.29, 0.717) is 28.8 Å². The molecule has 1 aromatic heterocycles. The number of ether oxygens (including phenoxy) is 2. The molecule has 1 aliphatic rings. The van der Waals surface area contributed by atoms with Gasteiger partial charge in [-0.15, -0.1) is 0 Å². The van der Waals surface area contributed by atoms with Crippen molar-refractivity contribution in [1.29, 1.82) is 0 Å². The Kier molecular flexibility index (Phi) is 10.6. The number of halogens is 3. The van der Waals surface area contributed by atoms with Crippen LogP contribution in [0.5, 0.6) is 11.5 Å². The molecule has 0 saturated carbocycles. The number of piperazine rings is 1. The predicted molar refractivity (Wildman–Crippen MR) is 188 cm³/mol. The summed E-state index contributed by atoms with van der Waals surface area (Å²) in [6.07, 6.45) is 2.90. The second-order valence-corrected chi connectivity index (χ2v) is 12.7. The molecule has 0 bridgehead atoms. The highest BCUT2D eigenvalue weighted by Crippen LogP contribution is 2.32. The summed E-state index contributed by atoms with van der Waals surface area (Å²) in [6.45, 7) is 7.68. The number of hydrogen-bond acceptors (Lipinski definition) is 5. The molecule has 5 aromatic rings. The average molecular weight is 680 g/mol. The van der Waals surface area contributed by atoms with Gasteiger partial charge in [-0.2, -0.15) is 0 Å². The van der Waals surface area contributed by atoms with Crippen LogP contribution >= 0.6 is 34.8 Å². The molecular formula is C36H37Cl3N4O3. The molecule has 2 heterocycles. The second-order valence-electron chi connectivity index (χ2n) is 11.5. The number of rotatable bonds is 12. The van der Waals surface area contributed by atoms with Crippen molar-refractivity contribution in [2.45, 2.75) is 19.5 Å². The van der Waals surface area contributed by atoms with Gasteiger partial charge in [-0.05, 0) is 48.9 Å². The zero-order valence-corrected chi connectivity index (χ0v) is 28.0. The zero-order valence-electron chi connectivity index (χ0n) is 25.8. The number of nitrogens with zero attached hydrogens (tertiary/aromatic N) is 3. The van der Waals surface area contributed by atoms with E-state index in [4.69, 9.17) is 44.3 Å². The number of aryl methyl sites for hydroxylation is 1. The van der Waals surface area contributed by atoms with Crippen LogP contribution in [0.3, 0.4) is 0 Å². The molecule has 1 aliphatic heterocycles. The Balaban J connectivity index is 1.00. The number of para-hydroxylation sites is 1. The van der Waals surface area contributed by atoms with Crippen molar-refractivity contribution in [3.63, 3.8) is 0 Å². The van der Waals surface area contributed by atoms with Crippen molar-refractivity contribution in [3.8, 4) is 11.5 Å². The number of benzene rings is 4. The first-order chi connectivity index (χ1) is 22.4. The summed E-state index contributed by atoms with van der Waals surface area (Å²) in [6, 6.07) is 23.1. The third kappa shape index (κ3) is 7.40. The standard InChI is InChI=1S/C36H37Cl3N4O3/c1-45-34-9-4-8-28-29(36(44)40-23-25-10-11-31(38)32(39)22-25)24-43(35(28)34)15-5-14-41-16-18-42(19-17-41)20-21-46-33-13-12-30(37)26-6-2-3-7-27(26)33/h2-4,6-13,22,24H,5,14-21,23H2,1H3,(H,40,44). The molecule has 1 saturated heterocycles. The summed E-state index contributed by atoms with van der Waals surface area (Å²) in [7, 11) is 1.67. The maximum atomic E-state index is 13.3. The molecular weight excluding hydrogens is 643 g/mol. The lowest BCUT2D eigenvalue weighted by molar-refractivity contribution is 0.0952. The SMILES string of the molecule is COc1cccc2c(C(=O)NCc3ccc(Cl)c(Cl)c3)cn(CCCN3CCN(CCOc4ccc(Cl)c5ccccc45)CC3)c12. The van der Waals surface area contributed by atoms with Crippen molar-refractivity contribution in [3.05, 3.63) is 105 Å². The van der Waals surface area contributed by atoms with E-state index >= 15 is 0 Å². The van der Waals surface area contributed by atoms with Gasteiger partial charge < -0.3 is 24.3 Å². The maximum Gasteiger partial charge on any atom is 0.253 e. The summed E-state index contributed by atoms with van der Waals surface area (Å²) in [5, 5.41) is 7.65. The summed E-state index contributed by atoms with van der Waals surface area (Å²) >= 11 is 18.6. The molecule has 7 nitrogen and oxygen atoms in total. The molecule has 1 fully saturated rings. The van der Waals surface area contributed by atoms with E-state index in [1.807, 2.05) is 60.8 Å². The van der Waals surface area contributed by atoms with Crippen LogP contribution in [0, 0.1) is 0 Å². The molecule has 10 heteroatoms. The Morgan fingerprint density at radius 1 is 0.761 bits per heavy atom. The van der Waals surface area contributed by atoms with E-state index in [1.165, 1.54) is 0 Å². The Labute approximate surface area is 284 Å². The maximum absolute atomic E-state index is 13.3. The number of carbonyl (C=O) groups excluding carboxylic acids is 1. The van der Waals surface area contributed by atoms with Crippen LogP contribution in [0.4, 0.5) is 0 Å². The number of methoxy groups -OCH3 is 1. The van der Waals surface area contributed by atoms with Gasteiger partial charge in [0.15, 0.2) is 0 Å². The molecule has 0 radical (unpaired) electrons. The Morgan fingerprint density at radius 2 is 1.48 bits per heavy atom. The van der Waals surface area contributed by atoms with Crippen LogP contribution in [0.1, 0.15) is 22.3 Å². The normalized spacial score (nSPS) is 14.2. The first-order valence-corrected chi connectivity index (χ1v) is 16.7. The summed E-state index contributed by atoms with van der Waals surface area (Å²) in [5.41, 5.74) is 2.44. The number of hydrogen-bond donors (Lipinski definition) is 1. The highest BCUT2D eigenvalue weighted by molar-refractivity contribution is 6.42. The van der Waals surface area contributed by atoms with Gasteiger partial charge in [0, 0.05) is 73.2 Å². The monoisotopic (exact) mass is 678 g/mol. The van der Waals surface area contributed by atoms with Gasteiger partial charge in [-0.25, -0.2) is 0 Å². The van der Waals surface area contributed by atoms with Crippen molar-refractivity contribution in [1.82, 2.24) is 19.7 Å². The first-order valence-electron chi connectivity index (χ1n) is 15.5. The lowest BCUT2D eigenvalue weighted by Gasteiger charge is -2.34. The van der Waals surface area contributed by atoms with Gasteiger partial charge in [-0.3, -0.25) is 9.69 Å². The van der Waals surface area contributed by atoms with E-state index in [2.05, 4.69) is 25.8 Å². The largest absolute Gasteiger partial charge is 0.495 e. The van der Waals surface area contributed by atoms with Gasteiger partial charge in [0.1, 0.15) is 18.1 Å². The fourth-order valence-electron chi connectivity index (χ4n) is 6.12. The Hall–Kier alpha value is -3.46. The fourth-order valence-corrected chi connectivity index (χ4v) is 6.67. The number of aromatic nitrogens is 1. The quantitative estimate of drug-likeness (QED) is 0.146. The van der Waals surface area contributed by atoms with Crippen LogP contribution in [0.2, 0.25) is 15.1 Å². The second kappa shape index (κ2) is 15.0. The minimum atomic E-state index is -0.146. The third-order valence-corrected chi connectivity index (χ3v) is 9.67. The van der Waals surface area contributed by atoms with Crippen molar-refractivity contribution < 1.29 is 14.3 Å². The van der Waals surface area contributed by atoms with Crippen LogP contribution in [-0.4, -0.2) is 73.3 Å². The van der Waals surface area contributed by atoms with Gasteiger partial charge in [-0.1, -0.05) is 77.3 Å². The number of fused-ring (bicyclic) bond motifs is 2.